The Morgan fingerprint density at radius 2 is 1.82 bits per heavy atom. The number of amides is 1. The predicted molar refractivity (Wildman–Crippen MR) is 115 cm³/mol. The molecular formula is C22H25Cl2N3O. The normalized spacial score (nSPS) is 23.4. The highest BCUT2D eigenvalue weighted by atomic mass is 35.5. The van der Waals surface area contributed by atoms with Crippen molar-refractivity contribution in [1.82, 2.24) is 10.2 Å². The predicted octanol–water partition coefficient (Wildman–Crippen LogP) is 4.18. The molecule has 1 aliphatic carbocycles. The fourth-order valence-corrected chi connectivity index (χ4v) is 5.38. The SMILES string of the molecule is Cl.O=C1NCN(c2ccccc2)C12CCN(C1CCc3cc(Cl)ccc31)CC2. The van der Waals surface area contributed by atoms with Crippen LogP contribution in [0.4, 0.5) is 5.69 Å². The number of nitrogens with one attached hydrogen (secondary N) is 1. The molecule has 0 saturated carbocycles. The Labute approximate surface area is 177 Å². The highest BCUT2D eigenvalue weighted by Crippen LogP contribution is 2.42. The lowest BCUT2D eigenvalue weighted by Crippen LogP contribution is -2.56. The Bertz CT molecular complexity index is 865. The minimum absolute atomic E-state index is 0. The van der Waals surface area contributed by atoms with Crippen LogP contribution in [0.5, 0.6) is 0 Å². The Morgan fingerprint density at radius 1 is 1.07 bits per heavy atom. The van der Waals surface area contributed by atoms with Gasteiger partial charge in [0.25, 0.3) is 0 Å². The van der Waals surface area contributed by atoms with Gasteiger partial charge in [-0.05, 0) is 61.1 Å². The van der Waals surface area contributed by atoms with Crippen molar-refractivity contribution in [1.29, 1.82) is 0 Å². The molecule has 2 aliphatic heterocycles. The van der Waals surface area contributed by atoms with Crippen molar-refractivity contribution in [2.45, 2.75) is 37.3 Å². The topological polar surface area (TPSA) is 35.6 Å². The van der Waals surface area contributed by atoms with Crippen molar-refractivity contribution in [3.05, 3.63) is 64.7 Å². The molecule has 28 heavy (non-hydrogen) atoms. The molecular weight excluding hydrogens is 393 g/mol. The van der Waals surface area contributed by atoms with E-state index < -0.39 is 5.54 Å². The summed E-state index contributed by atoms with van der Waals surface area (Å²) < 4.78 is 0. The zero-order valence-electron chi connectivity index (χ0n) is 15.7. The fourth-order valence-electron chi connectivity index (χ4n) is 5.18. The summed E-state index contributed by atoms with van der Waals surface area (Å²) in [6, 6.07) is 17.1. The molecule has 2 aromatic carbocycles. The lowest BCUT2D eigenvalue weighted by molar-refractivity contribution is -0.125. The first-order valence-electron chi connectivity index (χ1n) is 9.81. The molecule has 0 bridgehead atoms. The second-order valence-electron chi connectivity index (χ2n) is 7.89. The number of carbonyl (C=O) groups excluding carboxylic acids is 1. The first kappa shape index (κ1) is 19.6. The zero-order chi connectivity index (χ0) is 18.4. The number of aryl methyl sites for hydroxylation is 1. The van der Waals surface area contributed by atoms with E-state index in [4.69, 9.17) is 11.6 Å². The van der Waals surface area contributed by atoms with Crippen LogP contribution in [0.3, 0.4) is 0 Å². The molecule has 4 nitrogen and oxygen atoms in total. The molecule has 0 radical (unpaired) electrons. The van der Waals surface area contributed by atoms with E-state index in [0.29, 0.717) is 12.7 Å². The zero-order valence-corrected chi connectivity index (χ0v) is 17.3. The third-order valence-corrected chi connectivity index (χ3v) is 6.86. The number of benzene rings is 2. The summed E-state index contributed by atoms with van der Waals surface area (Å²) in [6.07, 6.45) is 3.98. The number of hydrogen-bond acceptors (Lipinski definition) is 3. The van der Waals surface area contributed by atoms with Gasteiger partial charge in [-0.15, -0.1) is 12.4 Å². The molecule has 2 saturated heterocycles. The van der Waals surface area contributed by atoms with Crippen LogP contribution < -0.4 is 10.2 Å². The summed E-state index contributed by atoms with van der Waals surface area (Å²) in [5, 5.41) is 3.92. The standard InChI is InChI=1S/C22H24ClN3O.ClH/c23-17-7-8-19-16(14-17)6-9-20(19)25-12-10-22(11-13-25)21(27)24-15-26(22)18-4-2-1-3-5-18;/h1-5,7-8,14,20H,6,9-13,15H2,(H,24,27);1H. The highest BCUT2D eigenvalue weighted by Gasteiger charge is 2.51. The van der Waals surface area contributed by atoms with Gasteiger partial charge in [0, 0.05) is 29.8 Å². The Kier molecular flexibility index (Phi) is 5.30. The first-order valence-corrected chi connectivity index (χ1v) is 10.2. The number of fused-ring (bicyclic) bond motifs is 1. The van der Waals surface area contributed by atoms with Crippen LogP contribution in [-0.2, 0) is 11.2 Å². The summed E-state index contributed by atoms with van der Waals surface area (Å²) >= 11 is 6.17. The van der Waals surface area contributed by atoms with E-state index in [2.05, 4.69) is 39.4 Å². The Hall–Kier alpha value is -1.75. The second-order valence-corrected chi connectivity index (χ2v) is 8.33. The van der Waals surface area contributed by atoms with Gasteiger partial charge >= 0.3 is 0 Å². The molecule has 1 atom stereocenters. The van der Waals surface area contributed by atoms with Crippen molar-refractivity contribution < 1.29 is 4.79 Å². The molecule has 5 rings (SSSR count). The highest BCUT2D eigenvalue weighted by molar-refractivity contribution is 6.30. The minimum Gasteiger partial charge on any atom is -0.339 e. The molecule has 148 valence electrons. The van der Waals surface area contributed by atoms with Gasteiger partial charge in [-0.2, -0.15) is 0 Å². The van der Waals surface area contributed by atoms with Crippen LogP contribution in [-0.4, -0.2) is 36.1 Å². The van der Waals surface area contributed by atoms with E-state index in [0.717, 1.165) is 49.5 Å². The maximum atomic E-state index is 12.8. The maximum Gasteiger partial charge on any atom is 0.247 e. The van der Waals surface area contributed by atoms with E-state index >= 15 is 0 Å². The van der Waals surface area contributed by atoms with Gasteiger partial charge in [0.1, 0.15) is 5.54 Å². The number of hydrogen-bond donors (Lipinski definition) is 1. The quantitative estimate of drug-likeness (QED) is 0.795. The van der Waals surface area contributed by atoms with Crippen molar-refractivity contribution in [3.8, 4) is 0 Å². The van der Waals surface area contributed by atoms with Gasteiger partial charge in [-0.1, -0.05) is 35.9 Å². The average molecular weight is 418 g/mol. The molecule has 2 aromatic rings. The second kappa shape index (κ2) is 7.58. The molecule has 2 fully saturated rings. The van der Waals surface area contributed by atoms with Crippen LogP contribution in [0.1, 0.15) is 36.4 Å². The number of nitrogens with zero attached hydrogens (tertiary/aromatic N) is 2. The monoisotopic (exact) mass is 417 g/mol. The third kappa shape index (κ3) is 3.08. The number of likely N-dealkylation sites (tertiary alicyclic amines) is 1. The van der Waals surface area contributed by atoms with Gasteiger partial charge < -0.3 is 10.2 Å². The Morgan fingerprint density at radius 3 is 2.57 bits per heavy atom. The van der Waals surface area contributed by atoms with Crippen LogP contribution >= 0.6 is 24.0 Å². The first-order chi connectivity index (χ1) is 13.2. The number of anilines is 1. The van der Waals surface area contributed by atoms with Crippen LogP contribution in [0.15, 0.2) is 48.5 Å². The van der Waals surface area contributed by atoms with Gasteiger partial charge in [0.15, 0.2) is 0 Å². The summed E-state index contributed by atoms with van der Waals surface area (Å²) in [5.41, 5.74) is 3.54. The number of carbonyl (C=O) groups is 1. The summed E-state index contributed by atoms with van der Waals surface area (Å²) in [4.78, 5) is 17.7. The summed E-state index contributed by atoms with van der Waals surface area (Å²) in [6.45, 7) is 2.50. The van der Waals surface area contributed by atoms with Gasteiger partial charge in [-0.25, -0.2) is 0 Å². The van der Waals surface area contributed by atoms with E-state index in [-0.39, 0.29) is 18.3 Å². The molecule has 2 heterocycles. The molecule has 0 aromatic heterocycles. The van der Waals surface area contributed by atoms with E-state index in [1.165, 1.54) is 11.1 Å². The number of piperidine rings is 1. The average Bonchev–Trinajstić information content (AvgIpc) is 3.25. The molecule has 3 aliphatic rings. The Balaban J connectivity index is 0.00000192. The molecule has 1 N–H and O–H groups in total. The lowest BCUT2D eigenvalue weighted by atomic mass is 9.84. The largest absolute Gasteiger partial charge is 0.339 e. The van der Waals surface area contributed by atoms with Crippen LogP contribution in [0, 0.1) is 0 Å². The van der Waals surface area contributed by atoms with E-state index in [9.17, 15) is 4.79 Å². The third-order valence-electron chi connectivity index (χ3n) is 6.62. The van der Waals surface area contributed by atoms with Crippen molar-refractivity contribution >= 4 is 35.6 Å². The van der Waals surface area contributed by atoms with Gasteiger partial charge in [0.2, 0.25) is 5.91 Å². The van der Waals surface area contributed by atoms with E-state index in [1.807, 2.05) is 24.3 Å². The molecule has 1 spiro atoms. The fraction of sp³-hybridized carbons (Fsp3) is 0.409. The van der Waals surface area contributed by atoms with Crippen molar-refractivity contribution in [3.63, 3.8) is 0 Å². The van der Waals surface area contributed by atoms with Gasteiger partial charge in [0.05, 0.1) is 6.67 Å². The number of para-hydroxylation sites is 1. The summed E-state index contributed by atoms with van der Waals surface area (Å²) in [7, 11) is 0. The summed E-state index contributed by atoms with van der Waals surface area (Å²) in [5.74, 6) is 0.185. The molecule has 1 unspecified atom stereocenters. The molecule has 1 amide bonds. The lowest BCUT2D eigenvalue weighted by Gasteiger charge is -2.45. The maximum absolute atomic E-state index is 12.8. The number of halogens is 2. The van der Waals surface area contributed by atoms with E-state index in [1.54, 1.807) is 0 Å². The van der Waals surface area contributed by atoms with Crippen LogP contribution in [0.2, 0.25) is 5.02 Å². The minimum atomic E-state index is -0.403. The van der Waals surface area contributed by atoms with Crippen molar-refractivity contribution in [2.24, 2.45) is 0 Å². The van der Waals surface area contributed by atoms with Crippen molar-refractivity contribution in [2.75, 3.05) is 24.7 Å². The van der Waals surface area contributed by atoms with Crippen LogP contribution in [0.25, 0.3) is 0 Å². The smallest absolute Gasteiger partial charge is 0.247 e. The molecule has 6 heteroatoms. The number of rotatable bonds is 2. The van der Waals surface area contributed by atoms with Gasteiger partial charge in [-0.3, -0.25) is 9.69 Å².